The van der Waals surface area contributed by atoms with Crippen molar-refractivity contribution in [2.75, 3.05) is 26.2 Å². The molecule has 1 unspecified atom stereocenters. The zero-order chi connectivity index (χ0) is 18.8. The number of carbonyl (C=O) groups excluding carboxylic acids is 1. The summed E-state index contributed by atoms with van der Waals surface area (Å²) in [5, 5.41) is 0.938. The Labute approximate surface area is 160 Å². The summed E-state index contributed by atoms with van der Waals surface area (Å²) in [4.78, 5) is 23.0. The predicted molar refractivity (Wildman–Crippen MR) is 109 cm³/mol. The maximum atomic E-state index is 13.1. The van der Waals surface area contributed by atoms with Crippen molar-refractivity contribution in [1.82, 2.24) is 14.8 Å². The number of aromatic nitrogens is 1. The zero-order valence-electron chi connectivity index (χ0n) is 16.5. The van der Waals surface area contributed by atoms with Crippen molar-refractivity contribution in [2.24, 2.45) is 0 Å². The monoisotopic (exact) mass is 371 g/mol. The Morgan fingerprint density at radius 3 is 2.62 bits per heavy atom. The number of hydrogen-bond donors (Lipinski definition) is 0. The van der Waals surface area contributed by atoms with Gasteiger partial charge in [-0.2, -0.15) is 0 Å². The van der Waals surface area contributed by atoms with Gasteiger partial charge < -0.3 is 4.90 Å². The minimum absolute atomic E-state index is 0.143. The molecule has 1 aromatic carbocycles. The van der Waals surface area contributed by atoms with E-state index in [-0.39, 0.29) is 5.91 Å². The molecule has 4 nitrogen and oxygen atoms in total. The van der Waals surface area contributed by atoms with Crippen LogP contribution < -0.4 is 0 Å². The van der Waals surface area contributed by atoms with E-state index in [4.69, 9.17) is 4.98 Å². The van der Waals surface area contributed by atoms with Gasteiger partial charge in [0.25, 0.3) is 5.91 Å². The van der Waals surface area contributed by atoms with Gasteiger partial charge in [-0.3, -0.25) is 9.69 Å². The number of likely N-dealkylation sites (N-methyl/N-ethyl adjacent to an activating group) is 1. The largest absolute Gasteiger partial charge is 0.336 e. The molecule has 2 heterocycles. The smallest absolute Gasteiger partial charge is 0.265 e. The Kier molecular flexibility index (Phi) is 5.78. The molecule has 0 aliphatic carbocycles. The van der Waals surface area contributed by atoms with Crippen LogP contribution in [0.25, 0.3) is 10.6 Å². The van der Waals surface area contributed by atoms with Gasteiger partial charge in [-0.05, 0) is 57.5 Å². The molecule has 1 fully saturated rings. The lowest BCUT2D eigenvalue weighted by Gasteiger charge is -2.26. The van der Waals surface area contributed by atoms with E-state index in [1.165, 1.54) is 22.5 Å². The number of rotatable bonds is 5. The summed E-state index contributed by atoms with van der Waals surface area (Å²) in [6, 6.07) is 6.87. The summed E-state index contributed by atoms with van der Waals surface area (Å²) in [5.41, 5.74) is 4.48. The van der Waals surface area contributed by atoms with Crippen LogP contribution in [0, 0.1) is 20.8 Å². The van der Waals surface area contributed by atoms with Crippen molar-refractivity contribution in [1.29, 1.82) is 0 Å². The molecular formula is C21H29N3OS. The highest BCUT2D eigenvalue weighted by Crippen LogP contribution is 2.31. The van der Waals surface area contributed by atoms with Gasteiger partial charge in [0.1, 0.15) is 9.88 Å². The first-order chi connectivity index (χ1) is 12.4. The van der Waals surface area contributed by atoms with E-state index in [0.717, 1.165) is 53.7 Å². The average Bonchev–Trinajstić information content (AvgIpc) is 3.25. The molecule has 26 heavy (non-hydrogen) atoms. The molecule has 0 saturated carbocycles. The number of thiazole rings is 1. The number of nitrogens with zero attached hydrogens (tertiary/aromatic N) is 3. The van der Waals surface area contributed by atoms with Crippen LogP contribution in [0.5, 0.6) is 0 Å². The van der Waals surface area contributed by atoms with E-state index in [9.17, 15) is 4.79 Å². The maximum Gasteiger partial charge on any atom is 0.265 e. The van der Waals surface area contributed by atoms with Gasteiger partial charge in [0.2, 0.25) is 0 Å². The lowest BCUT2D eigenvalue weighted by atomic mass is 10.1. The van der Waals surface area contributed by atoms with E-state index in [1.54, 1.807) is 0 Å². The number of hydrogen-bond acceptors (Lipinski definition) is 4. The van der Waals surface area contributed by atoms with Crippen LogP contribution in [0.2, 0.25) is 0 Å². The Morgan fingerprint density at radius 1 is 1.23 bits per heavy atom. The summed E-state index contributed by atoms with van der Waals surface area (Å²) >= 11 is 1.53. The SMILES string of the molecule is CCN(CC)C1CCN(C(=O)c2sc(-c3ccc(C)c(C)c3)nc2C)C1. The van der Waals surface area contributed by atoms with Gasteiger partial charge in [0.05, 0.1) is 5.69 Å². The number of carbonyl (C=O) groups is 1. The summed E-state index contributed by atoms with van der Waals surface area (Å²) in [5.74, 6) is 0.143. The molecule has 1 saturated heterocycles. The summed E-state index contributed by atoms with van der Waals surface area (Å²) < 4.78 is 0. The molecule has 1 amide bonds. The summed E-state index contributed by atoms with van der Waals surface area (Å²) in [6.45, 7) is 14.3. The van der Waals surface area contributed by atoms with Gasteiger partial charge in [0.15, 0.2) is 0 Å². The molecule has 1 aromatic heterocycles. The second-order valence-corrected chi connectivity index (χ2v) is 8.15. The Balaban J connectivity index is 1.79. The van der Waals surface area contributed by atoms with Gasteiger partial charge in [-0.1, -0.05) is 26.0 Å². The van der Waals surface area contributed by atoms with Crippen LogP contribution in [-0.2, 0) is 0 Å². The van der Waals surface area contributed by atoms with Gasteiger partial charge in [-0.25, -0.2) is 4.98 Å². The topological polar surface area (TPSA) is 36.4 Å². The minimum atomic E-state index is 0.143. The number of aryl methyl sites for hydroxylation is 3. The van der Waals surface area contributed by atoms with Crippen molar-refractivity contribution in [3.05, 3.63) is 39.9 Å². The normalized spacial score (nSPS) is 17.3. The molecule has 0 spiro atoms. The van der Waals surface area contributed by atoms with Gasteiger partial charge >= 0.3 is 0 Å². The van der Waals surface area contributed by atoms with Crippen LogP contribution in [0.3, 0.4) is 0 Å². The molecule has 1 atom stereocenters. The van der Waals surface area contributed by atoms with E-state index >= 15 is 0 Å². The van der Waals surface area contributed by atoms with Crippen molar-refractivity contribution < 1.29 is 4.79 Å². The van der Waals surface area contributed by atoms with E-state index in [1.807, 2.05) is 11.8 Å². The van der Waals surface area contributed by atoms with Crippen molar-refractivity contribution in [3.8, 4) is 10.6 Å². The molecule has 140 valence electrons. The predicted octanol–water partition coefficient (Wildman–Crippen LogP) is 4.29. The zero-order valence-corrected chi connectivity index (χ0v) is 17.3. The lowest BCUT2D eigenvalue weighted by molar-refractivity contribution is 0.0782. The molecule has 2 aromatic rings. The second-order valence-electron chi connectivity index (χ2n) is 7.15. The second kappa shape index (κ2) is 7.89. The van der Waals surface area contributed by atoms with Crippen LogP contribution >= 0.6 is 11.3 Å². The molecule has 5 heteroatoms. The number of amides is 1. The fourth-order valence-corrected chi connectivity index (χ4v) is 4.73. The molecule has 0 bridgehead atoms. The highest BCUT2D eigenvalue weighted by atomic mass is 32.1. The fraction of sp³-hybridized carbons (Fsp3) is 0.524. The first-order valence-corrected chi connectivity index (χ1v) is 10.3. The Hall–Kier alpha value is -1.72. The Bertz CT molecular complexity index is 795. The van der Waals surface area contributed by atoms with E-state index in [2.05, 4.69) is 50.8 Å². The van der Waals surface area contributed by atoms with Gasteiger partial charge in [-0.15, -0.1) is 11.3 Å². The first-order valence-electron chi connectivity index (χ1n) is 9.53. The molecule has 3 rings (SSSR count). The highest BCUT2D eigenvalue weighted by molar-refractivity contribution is 7.17. The third-order valence-electron chi connectivity index (χ3n) is 5.52. The standard InChI is InChI=1S/C21H29N3OS/c1-6-23(7-2)18-10-11-24(13-18)21(25)19-16(5)22-20(26-19)17-9-8-14(3)15(4)12-17/h8-9,12,18H,6-7,10-11,13H2,1-5H3. The fourth-order valence-electron chi connectivity index (χ4n) is 3.70. The van der Waals surface area contributed by atoms with Crippen LogP contribution in [0.15, 0.2) is 18.2 Å². The summed E-state index contributed by atoms with van der Waals surface area (Å²) in [6.07, 6.45) is 1.06. The third kappa shape index (κ3) is 3.69. The quantitative estimate of drug-likeness (QED) is 0.787. The van der Waals surface area contributed by atoms with Gasteiger partial charge in [0, 0.05) is 24.7 Å². The molecule has 0 N–H and O–H groups in total. The molecule has 1 aliphatic rings. The van der Waals surface area contributed by atoms with Crippen molar-refractivity contribution in [3.63, 3.8) is 0 Å². The molecule has 1 aliphatic heterocycles. The summed E-state index contributed by atoms with van der Waals surface area (Å²) in [7, 11) is 0. The number of benzene rings is 1. The lowest BCUT2D eigenvalue weighted by Crippen LogP contribution is -2.38. The van der Waals surface area contributed by atoms with Crippen LogP contribution in [0.1, 0.15) is 46.8 Å². The van der Waals surface area contributed by atoms with Crippen LogP contribution in [0.4, 0.5) is 0 Å². The average molecular weight is 372 g/mol. The van der Waals surface area contributed by atoms with Crippen LogP contribution in [-0.4, -0.2) is 52.9 Å². The molecular weight excluding hydrogens is 342 g/mol. The van der Waals surface area contributed by atoms with Crippen molar-refractivity contribution >= 4 is 17.2 Å². The highest BCUT2D eigenvalue weighted by Gasteiger charge is 2.31. The maximum absolute atomic E-state index is 13.1. The third-order valence-corrected chi connectivity index (χ3v) is 6.72. The molecule has 0 radical (unpaired) electrons. The Morgan fingerprint density at radius 2 is 1.96 bits per heavy atom. The number of likely N-dealkylation sites (tertiary alicyclic amines) is 1. The van der Waals surface area contributed by atoms with E-state index in [0.29, 0.717) is 6.04 Å². The minimum Gasteiger partial charge on any atom is -0.336 e. The first kappa shape index (κ1) is 19.1. The van der Waals surface area contributed by atoms with E-state index < -0.39 is 0 Å². The van der Waals surface area contributed by atoms with Crippen molar-refractivity contribution in [2.45, 2.75) is 47.1 Å².